The monoisotopic (exact) mass is 398 g/mol. The Kier molecular flexibility index (Phi) is 5.58. The molecule has 0 aromatic heterocycles. The van der Waals surface area contributed by atoms with Gasteiger partial charge in [-0.2, -0.15) is 0 Å². The molecule has 5 rings (SSSR count). The van der Waals surface area contributed by atoms with Crippen LogP contribution in [0.5, 0.6) is 5.75 Å². The maximum absolute atomic E-state index is 13.4. The van der Waals surface area contributed by atoms with Crippen molar-refractivity contribution in [1.29, 1.82) is 0 Å². The van der Waals surface area contributed by atoms with Crippen LogP contribution in [0.2, 0.25) is 0 Å². The molecular weight excluding hydrogens is 364 g/mol. The van der Waals surface area contributed by atoms with Crippen LogP contribution >= 0.6 is 0 Å². The van der Waals surface area contributed by atoms with E-state index in [2.05, 4.69) is 10.6 Å². The third-order valence-corrected chi connectivity index (χ3v) is 7.40. The predicted molar refractivity (Wildman–Crippen MR) is 112 cm³/mol. The number of ether oxygens (including phenoxy) is 1. The summed E-state index contributed by atoms with van der Waals surface area (Å²) in [5.74, 6) is 2.92. The molecule has 4 aliphatic carbocycles. The maximum Gasteiger partial charge on any atom is 0.243 e. The van der Waals surface area contributed by atoms with Crippen molar-refractivity contribution in [1.82, 2.24) is 10.6 Å². The molecule has 1 aromatic carbocycles. The number of amides is 2. The lowest BCUT2D eigenvalue weighted by molar-refractivity contribution is -0.149. The van der Waals surface area contributed by atoms with Crippen LogP contribution in [0.15, 0.2) is 24.3 Å². The number of hydrogen-bond donors (Lipinski definition) is 2. The van der Waals surface area contributed by atoms with E-state index in [0.717, 1.165) is 30.6 Å². The Morgan fingerprint density at radius 1 is 1.07 bits per heavy atom. The fourth-order valence-electron chi connectivity index (χ4n) is 6.36. The van der Waals surface area contributed by atoms with Gasteiger partial charge in [0.2, 0.25) is 11.8 Å². The van der Waals surface area contributed by atoms with Gasteiger partial charge in [0.15, 0.2) is 0 Å². The summed E-state index contributed by atoms with van der Waals surface area (Å²) < 4.78 is 5.37. The Morgan fingerprint density at radius 3 is 2.21 bits per heavy atom. The van der Waals surface area contributed by atoms with Crippen molar-refractivity contribution < 1.29 is 14.3 Å². The fourth-order valence-corrected chi connectivity index (χ4v) is 6.36. The molecule has 1 aromatic rings. The smallest absolute Gasteiger partial charge is 0.243 e. The van der Waals surface area contributed by atoms with E-state index < -0.39 is 6.04 Å². The molecule has 0 unspecified atom stereocenters. The topological polar surface area (TPSA) is 67.4 Å². The highest BCUT2D eigenvalue weighted by molar-refractivity contribution is 5.90. The van der Waals surface area contributed by atoms with Gasteiger partial charge in [-0.15, -0.1) is 0 Å². The number of nitrogens with one attached hydrogen (secondary N) is 2. The second-order valence-electron chi connectivity index (χ2n) is 9.92. The van der Waals surface area contributed by atoms with Crippen LogP contribution in [0.1, 0.15) is 57.9 Å². The third kappa shape index (κ3) is 4.01. The summed E-state index contributed by atoms with van der Waals surface area (Å²) in [5, 5.41) is 6.16. The van der Waals surface area contributed by atoms with E-state index in [1.165, 1.54) is 19.3 Å². The SMILES string of the molecule is COc1ccccc1CNC(=O)[C@@H](NC(=O)C12CC3CC(CC(C3)C1)C2)C(C)C. The Labute approximate surface area is 174 Å². The van der Waals surface area contributed by atoms with Crippen LogP contribution in [-0.2, 0) is 16.1 Å². The quantitative estimate of drug-likeness (QED) is 0.736. The zero-order valence-electron chi connectivity index (χ0n) is 17.9. The van der Waals surface area contributed by atoms with Gasteiger partial charge < -0.3 is 15.4 Å². The Morgan fingerprint density at radius 2 is 1.66 bits per heavy atom. The summed E-state index contributed by atoms with van der Waals surface area (Å²) in [6.07, 6.45) is 6.95. The number of benzene rings is 1. The van der Waals surface area contributed by atoms with E-state index in [1.807, 2.05) is 38.1 Å². The average molecular weight is 399 g/mol. The molecule has 158 valence electrons. The van der Waals surface area contributed by atoms with E-state index in [9.17, 15) is 9.59 Å². The van der Waals surface area contributed by atoms with Gasteiger partial charge in [0.05, 0.1) is 7.11 Å². The first kappa shape index (κ1) is 20.2. The molecule has 4 fully saturated rings. The Balaban J connectivity index is 1.41. The van der Waals surface area contributed by atoms with Gasteiger partial charge in [-0.25, -0.2) is 0 Å². The van der Waals surface area contributed by atoms with Crippen LogP contribution in [0.25, 0.3) is 0 Å². The molecule has 2 amide bonds. The van der Waals surface area contributed by atoms with Crippen molar-refractivity contribution in [3.63, 3.8) is 0 Å². The largest absolute Gasteiger partial charge is 0.496 e. The molecule has 2 N–H and O–H groups in total. The first-order valence-corrected chi connectivity index (χ1v) is 11.1. The normalized spacial score (nSPS) is 30.8. The summed E-state index contributed by atoms with van der Waals surface area (Å²) in [7, 11) is 1.63. The first-order chi connectivity index (χ1) is 13.9. The van der Waals surface area contributed by atoms with Crippen LogP contribution in [-0.4, -0.2) is 25.0 Å². The number of hydrogen-bond acceptors (Lipinski definition) is 3. The zero-order chi connectivity index (χ0) is 20.6. The molecule has 4 saturated carbocycles. The molecule has 0 aliphatic heterocycles. The van der Waals surface area contributed by atoms with Gasteiger partial charge in [0.1, 0.15) is 11.8 Å². The predicted octanol–water partition coefficient (Wildman–Crippen LogP) is 3.67. The third-order valence-electron chi connectivity index (χ3n) is 7.40. The molecule has 4 bridgehead atoms. The minimum absolute atomic E-state index is 0.0329. The highest BCUT2D eigenvalue weighted by atomic mass is 16.5. The minimum atomic E-state index is -0.509. The molecule has 0 heterocycles. The van der Waals surface area contributed by atoms with Crippen LogP contribution in [0.4, 0.5) is 0 Å². The minimum Gasteiger partial charge on any atom is -0.496 e. The van der Waals surface area contributed by atoms with E-state index in [-0.39, 0.29) is 23.1 Å². The van der Waals surface area contributed by atoms with E-state index in [4.69, 9.17) is 4.74 Å². The number of methoxy groups -OCH3 is 1. The van der Waals surface area contributed by atoms with Crippen molar-refractivity contribution >= 4 is 11.8 Å². The standard InChI is InChI=1S/C24H34N2O3/c1-15(2)21(22(27)25-14-19-6-4-5-7-20(19)29-3)26-23(28)24-11-16-8-17(12-24)10-18(9-16)13-24/h4-7,15-18,21H,8-14H2,1-3H3,(H,25,27)(H,26,28)/t16?,17?,18?,21-,24?/m0/s1. The maximum atomic E-state index is 13.4. The summed E-state index contributed by atoms with van der Waals surface area (Å²) >= 11 is 0. The molecule has 29 heavy (non-hydrogen) atoms. The molecule has 5 nitrogen and oxygen atoms in total. The van der Waals surface area contributed by atoms with Gasteiger partial charge in [-0.05, 0) is 68.3 Å². The van der Waals surface area contributed by atoms with Crippen molar-refractivity contribution in [2.75, 3.05) is 7.11 Å². The van der Waals surface area contributed by atoms with E-state index in [1.54, 1.807) is 7.11 Å². The molecular formula is C24H34N2O3. The van der Waals surface area contributed by atoms with Crippen molar-refractivity contribution in [2.45, 2.75) is 65.0 Å². The van der Waals surface area contributed by atoms with Crippen LogP contribution in [0.3, 0.4) is 0 Å². The summed E-state index contributed by atoms with van der Waals surface area (Å²) in [4.78, 5) is 26.3. The van der Waals surface area contributed by atoms with E-state index in [0.29, 0.717) is 24.3 Å². The fraction of sp³-hybridized carbons (Fsp3) is 0.667. The Hall–Kier alpha value is -2.04. The lowest BCUT2D eigenvalue weighted by Crippen LogP contribution is -2.58. The lowest BCUT2D eigenvalue weighted by Gasteiger charge is -2.55. The highest BCUT2D eigenvalue weighted by Gasteiger charge is 2.55. The second-order valence-corrected chi connectivity index (χ2v) is 9.92. The number of rotatable bonds is 7. The van der Waals surface area contributed by atoms with Gasteiger partial charge in [0.25, 0.3) is 0 Å². The first-order valence-electron chi connectivity index (χ1n) is 11.1. The van der Waals surface area contributed by atoms with Gasteiger partial charge in [-0.1, -0.05) is 32.0 Å². The molecule has 4 aliphatic rings. The van der Waals surface area contributed by atoms with Gasteiger partial charge >= 0.3 is 0 Å². The zero-order valence-corrected chi connectivity index (χ0v) is 17.9. The summed E-state index contributed by atoms with van der Waals surface area (Å²) in [5.41, 5.74) is 0.698. The molecule has 0 spiro atoms. The molecule has 0 saturated heterocycles. The van der Waals surface area contributed by atoms with Gasteiger partial charge in [0, 0.05) is 17.5 Å². The highest BCUT2D eigenvalue weighted by Crippen LogP contribution is 2.60. The number of carbonyl (C=O) groups is 2. The molecule has 0 radical (unpaired) electrons. The summed E-state index contributed by atoms with van der Waals surface area (Å²) in [6, 6.07) is 7.16. The summed E-state index contributed by atoms with van der Waals surface area (Å²) in [6.45, 7) is 4.37. The lowest BCUT2D eigenvalue weighted by atomic mass is 9.49. The van der Waals surface area contributed by atoms with Crippen LogP contribution in [0, 0.1) is 29.1 Å². The number of para-hydroxylation sites is 1. The van der Waals surface area contributed by atoms with Crippen LogP contribution < -0.4 is 15.4 Å². The van der Waals surface area contributed by atoms with Gasteiger partial charge in [-0.3, -0.25) is 9.59 Å². The molecule has 5 heteroatoms. The second kappa shape index (κ2) is 8.00. The van der Waals surface area contributed by atoms with Crippen molar-refractivity contribution in [2.24, 2.45) is 29.1 Å². The van der Waals surface area contributed by atoms with Crippen molar-refractivity contribution in [3.8, 4) is 5.75 Å². The number of carbonyl (C=O) groups excluding carboxylic acids is 2. The Bertz CT molecular complexity index is 738. The van der Waals surface area contributed by atoms with Crippen molar-refractivity contribution in [3.05, 3.63) is 29.8 Å². The van der Waals surface area contributed by atoms with E-state index >= 15 is 0 Å². The molecule has 1 atom stereocenters. The average Bonchev–Trinajstić information content (AvgIpc) is 2.69.